The van der Waals surface area contributed by atoms with E-state index in [1.54, 1.807) is 6.20 Å². The van der Waals surface area contributed by atoms with E-state index in [4.69, 9.17) is 4.52 Å². The third-order valence-electron chi connectivity index (χ3n) is 3.52. The highest BCUT2D eigenvalue weighted by Gasteiger charge is 2.11. The molecule has 3 rings (SSSR count). The summed E-state index contributed by atoms with van der Waals surface area (Å²) in [5, 5.41) is 9.85. The molecular formula is C18H20N2O. The summed E-state index contributed by atoms with van der Waals surface area (Å²) in [6.45, 7) is 6.17. The Morgan fingerprint density at radius 2 is 1.90 bits per heavy atom. The number of nitrogens with zero attached hydrogens (tertiary/aromatic N) is 1. The highest BCUT2D eigenvalue weighted by molar-refractivity contribution is 5.86. The first kappa shape index (κ1) is 13.8. The second kappa shape index (κ2) is 6.10. The number of rotatable bonds is 5. The van der Waals surface area contributed by atoms with Crippen molar-refractivity contribution in [3.8, 4) is 11.3 Å². The Labute approximate surface area is 125 Å². The minimum absolute atomic E-state index is 0.633. The quantitative estimate of drug-likeness (QED) is 0.759. The van der Waals surface area contributed by atoms with Crippen molar-refractivity contribution < 1.29 is 4.52 Å². The predicted molar refractivity (Wildman–Crippen MR) is 86.0 cm³/mol. The van der Waals surface area contributed by atoms with Crippen molar-refractivity contribution in [3.05, 3.63) is 54.2 Å². The molecule has 3 heteroatoms. The van der Waals surface area contributed by atoms with Gasteiger partial charge in [-0.15, -0.1) is 0 Å². The molecule has 0 saturated heterocycles. The summed E-state index contributed by atoms with van der Waals surface area (Å²) in [5.41, 5.74) is 2.18. The summed E-state index contributed by atoms with van der Waals surface area (Å²) in [4.78, 5) is 0. The molecule has 0 saturated carbocycles. The highest BCUT2D eigenvalue weighted by Crippen LogP contribution is 2.27. The molecule has 0 spiro atoms. The van der Waals surface area contributed by atoms with E-state index in [0.29, 0.717) is 5.92 Å². The van der Waals surface area contributed by atoms with E-state index in [-0.39, 0.29) is 0 Å². The summed E-state index contributed by atoms with van der Waals surface area (Å²) >= 11 is 0. The van der Waals surface area contributed by atoms with E-state index < -0.39 is 0 Å². The van der Waals surface area contributed by atoms with Crippen LogP contribution in [0.2, 0.25) is 0 Å². The standard InChI is InChI=1S/C18H20N2O/c1-13(2)10-19-11-17-12-20-21-18(17)16-8-7-14-5-3-4-6-15(14)9-16/h3-9,12-13,19H,10-11H2,1-2H3. The fraction of sp³-hybridized carbons (Fsp3) is 0.278. The lowest BCUT2D eigenvalue weighted by Crippen LogP contribution is -2.18. The van der Waals surface area contributed by atoms with Crippen molar-refractivity contribution in [1.29, 1.82) is 0 Å². The maximum atomic E-state index is 5.47. The molecule has 0 amide bonds. The van der Waals surface area contributed by atoms with Crippen molar-refractivity contribution in [2.24, 2.45) is 5.92 Å². The van der Waals surface area contributed by atoms with Gasteiger partial charge in [-0.2, -0.15) is 0 Å². The summed E-state index contributed by atoms with van der Waals surface area (Å²) in [6.07, 6.45) is 1.80. The van der Waals surface area contributed by atoms with Crippen LogP contribution in [-0.2, 0) is 6.54 Å². The van der Waals surface area contributed by atoms with Crippen molar-refractivity contribution >= 4 is 10.8 Å². The summed E-state index contributed by atoms with van der Waals surface area (Å²) in [6, 6.07) is 14.7. The molecule has 0 aliphatic heterocycles. The molecule has 2 aromatic carbocycles. The van der Waals surface area contributed by atoms with E-state index in [9.17, 15) is 0 Å². The first-order valence-corrected chi connectivity index (χ1v) is 7.37. The molecule has 1 N–H and O–H groups in total. The fourth-order valence-electron chi connectivity index (χ4n) is 2.45. The maximum Gasteiger partial charge on any atom is 0.171 e. The van der Waals surface area contributed by atoms with Crippen LogP contribution in [0.15, 0.2) is 53.2 Å². The van der Waals surface area contributed by atoms with Gasteiger partial charge < -0.3 is 9.84 Å². The summed E-state index contributed by atoms with van der Waals surface area (Å²) in [7, 11) is 0. The second-order valence-corrected chi connectivity index (χ2v) is 5.77. The van der Waals surface area contributed by atoms with E-state index in [2.05, 4.69) is 66.8 Å². The largest absolute Gasteiger partial charge is 0.356 e. The minimum Gasteiger partial charge on any atom is -0.356 e. The van der Waals surface area contributed by atoms with E-state index in [1.165, 1.54) is 10.8 Å². The molecule has 3 nitrogen and oxygen atoms in total. The van der Waals surface area contributed by atoms with Crippen molar-refractivity contribution in [3.63, 3.8) is 0 Å². The third kappa shape index (κ3) is 3.14. The Bertz CT molecular complexity index is 731. The molecule has 0 fully saturated rings. The topological polar surface area (TPSA) is 38.1 Å². The molecule has 0 bridgehead atoms. The molecule has 0 radical (unpaired) electrons. The summed E-state index contributed by atoms with van der Waals surface area (Å²) < 4.78 is 5.47. The zero-order chi connectivity index (χ0) is 14.7. The number of aromatic nitrogens is 1. The molecule has 1 aromatic heterocycles. The number of nitrogens with one attached hydrogen (secondary N) is 1. The van der Waals surface area contributed by atoms with Crippen LogP contribution in [-0.4, -0.2) is 11.7 Å². The van der Waals surface area contributed by atoms with Crippen LogP contribution < -0.4 is 5.32 Å². The molecule has 0 unspecified atom stereocenters. The molecule has 21 heavy (non-hydrogen) atoms. The Balaban J connectivity index is 1.86. The third-order valence-corrected chi connectivity index (χ3v) is 3.52. The van der Waals surface area contributed by atoms with Crippen molar-refractivity contribution in [1.82, 2.24) is 10.5 Å². The molecule has 0 atom stereocenters. The van der Waals surface area contributed by atoms with Crippen LogP contribution in [0.3, 0.4) is 0 Å². The lowest BCUT2D eigenvalue weighted by molar-refractivity contribution is 0.431. The molecule has 3 aromatic rings. The van der Waals surface area contributed by atoms with Crippen LogP contribution in [0.5, 0.6) is 0 Å². The average molecular weight is 280 g/mol. The van der Waals surface area contributed by atoms with Gasteiger partial charge in [0, 0.05) is 17.7 Å². The summed E-state index contributed by atoms with van der Waals surface area (Å²) in [5.74, 6) is 1.49. The lowest BCUT2D eigenvalue weighted by Gasteiger charge is -2.07. The molecule has 0 aliphatic carbocycles. The minimum atomic E-state index is 0.633. The van der Waals surface area contributed by atoms with Gasteiger partial charge in [-0.25, -0.2) is 0 Å². The predicted octanol–water partition coefficient (Wildman–Crippen LogP) is 4.24. The zero-order valence-corrected chi connectivity index (χ0v) is 12.5. The Morgan fingerprint density at radius 1 is 1.10 bits per heavy atom. The van der Waals surface area contributed by atoms with Crippen LogP contribution in [0, 0.1) is 5.92 Å². The van der Waals surface area contributed by atoms with Crippen molar-refractivity contribution in [2.75, 3.05) is 6.54 Å². The van der Waals surface area contributed by atoms with Gasteiger partial charge in [0.05, 0.1) is 6.20 Å². The molecule has 0 aliphatic rings. The average Bonchev–Trinajstić information content (AvgIpc) is 2.95. The van der Waals surface area contributed by atoms with E-state index in [1.807, 2.05) is 0 Å². The number of fused-ring (bicyclic) bond motifs is 1. The molecule has 1 heterocycles. The molecule has 108 valence electrons. The number of hydrogen-bond donors (Lipinski definition) is 1. The normalized spacial score (nSPS) is 11.4. The maximum absolute atomic E-state index is 5.47. The van der Waals surface area contributed by atoms with Crippen LogP contribution >= 0.6 is 0 Å². The highest BCUT2D eigenvalue weighted by atomic mass is 16.5. The van der Waals surface area contributed by atoms with Gasteiger partial charge in [0.15, 0.2) is 5.76 Å². The van der Waals surface area contributed by atoms with Gasteiger partial charge in [-0.3, -0.25) is 0 Å². The van der Waals surface area contributed by atoms with Gasteiger partial charge in [-0.05, 0) is 29.3 Å². The lowest BCUT2D eigenvalue weighted by atomic mass is 10.0. The van der Waals surface area contributed by atoms with Gasteiger partial charge in [0.1, 0.15) is 0 Å². The second-order valence-electron chi connectivity index (χ2n) is 5.77. The first-order chi connectivity index (χ1) is 10.2. The monoisotopic (exact) mass is 280 g/mol. The van der Waals surface area contributed by atoms with E-state index >= 15 is 0 Å². The smallest absolute Gasteiger partial charge is 0.171 e. The zero-order valence-electron chi connectivity index (χ0n) is 12.5. The first-order valence-electron chi connectivity index (χ1n) is 7.37. The van der Waals surface area contributed by atoms with Crippen LogP contribution in [0.4, 0.5) is 0 Å². The van der Waals surface area contributed by atoms with Gasteiger partial charge >= 0.3 is 0 Å². The Kier molecular flexibility index (Phi) is 4.02. The van der Waals surface area contributed by atoms with Crippen LogP contribution in [0.25, 0.3) is 22.1 Å². The van der Waals surface area contributed by atoms with Crippen molar-refractivity contribution in [2.45, 2.75) is 20.4 Å². The SMILES string of the molecule is CC(C)CNCc1cnoc1-c1ccc2ccccc2c1. The fourth-order valence-corrected chi connectivity index (χ4v) is 2.45. The number of benzene rings is 2. The Morgan fingerprint density at radius 3 is 2.71 bits per heavy atom. The van der Waals surface area contributed by atoms with E-state index in [0.717, 1.165) is 30.0 Å². The molecular weight excluding hydrogens is 260 g/mol. The van der Waals surface area contributed by atoms with Gasteiger partial charge in [0.2, 0.25) is 0 Å². The van der Waals surface area contributed by atoms with Crippen LogP contribution in [0.1, 0.15) is 19.4 Å². The number of hydrogen-bond acceptors (Lipinski definition) is 3. The van der Waals surface area contributed by atoms with Gasteiger partial charge in [-0.1, -0.05) is 55.4 Å². The van der Waals surface area contributed by atoms with Gasteiger partial charge in [0.25, 0.3) is 0 Å². The Hall–Kier alpha value is -2.13.